The normalized spacial score (nSPS) is 11.8. The van der Waals surface area contributed by atoms with Crippen molar-refractivity contribution in [3.05, 3.63) is 140 Å². The van der Waals surface area contributed by atoms with Crippen molar-refractivity contribution in [2.24, 2.45) is 0 Å². The van der Waals surface area contributed by atoms with E-state index in [1.165, 1.54) is 42.1 Å². The maximum atomic E-state index is 6.70. The SMILES string of the molecule is [B]c1c([B])c([B])c(-c2nc3ccccc3n2-c2ccccc2-c2c3ccccc3c(-c3cccc4sc5ccccc5c34)c3ccccc23)c([B])c1[B]. The molecule has 0 atom stereocenters. The Kier molecular flexibility index (Phi) is 7.35. The van der Waals surface area contributed by atoms with E-state index in [1.807, 2.05) is 41.7 Å². The molecule has 0 aliphatic heterocycles. The third kappa shape index (κ3) is 4.68. The second kappa shape index (κ2) is 12.2. The number of imidazole rings is 1. The summed E-state index contributed by atoms with van der Waals surface area (Å²) in [6.07, 6.45) is 0. The lowest BCUT2D eigenvalue weighted by Gasteiger charge is -2.23. The van der Waals surface area contributed by atoms with E-state index < -0.39 is 0 Å². The van der Waals surface area contributed by atoms with Gasteiger partial charge in [0.1, 0.15) is 45.1 Å². The van der Waals surface area contributed by atoms with Crippen molar-refractivity contribution < 1.29 is 0 Å². The summed E-state index contributed by atoms with van der Waals surface area (Å²) in [5, 5.41) is 7.16. The predicted octanol–water partition coefficient (Wildman–Crippen LogP) is 6.67. The molecule has 0 saturated heterocycles. The van der Waals surface area contributed by atoms with Crippen LogP contribution in [-0.2, 0) is 0 Å². The first-order valence-electron chi connectivity index (χ1n) is 17.4. The lowest BCUT2D eigenvalue weighted by Crippen LogP contribution is -2.55. The Balaban J connectivity index is 1.33. The fourth-order valence-electron chi connectivity index (χ4n) is 8.10. The number of fused-ring (bicyclic) bond motifs is 6. The molecule has 0 spiro atoms. The van der Waals surface area contributed by atoms with Crippen LogP contribution in [0, 0.1) is 0 Å². The van der Waals surface area contributed by atoms with Gasteiger partial charge in [0.05, 0.1) is 16.7 Å². The van der Waals surface area contributed by atoms with Gasteiger partial charge in [-0.2, -0.15) is 0 Å². The molecule has 0 unspecified atom stereocenters. The number of thiophene rings is 1. The zero-order valence-electron chi connectivity index (χ0n) is 28.5. The molecule has 0 amide bonds. The van der Waals surface area contributed by atoms with Crippen LogP contribution in [-0.4, -0.2) is 48.8 Å². The smallest absolute Gasteiger partial charge is 0.144 e. The van der Waals surface area contributed by atoms with Gasteiger partial charge in [-0.15, -0.1) is 27.7 Å². The van der Waals surface area contributed by atoms with Gasteiger partial charge in [-0.25, -0.2) is 4.98 Å². The molecular formula is C45H23B5N2S. The molecule has 0 aliphatic rings. The summed E-state index contributed by atoms with van der Waals surface area (Å²) in [4.78, 5) is 5.11. The summed E-state index contributed by atoms with van der Waals surface area (Å²) in [6, 6.07) is 49.2. The number of rotatable bonds is 4. The fraction of sp³-hybridized carbons (Fsp3) is 0. The van der Waals surface area contributed by atoms with Crippen molar-refractivity contribution in [3.63, 3.8) is 0 Å². The molecule has 0 N–H and O–H groups in total. The van der Waals surface area contributed by atoms with E-state index in [-0.39, 0.29) is 27.3 Å². The zero-order chi connectivity index (χ0) is 36.0. The molecular weight excluding hydrogens is 655 g/mol. The molecule has 8 aromatic carbocycles. The van der Waals surface area contributed by atoms with Crippen LogP contribution in [0.2, 0.25) is 0 Å². The largest absolute Gasteiger partial charge is 0.292 e. The van der Waals surface area contributed by atoms with E-state index in [0.717, 1.165) is 38.6 Å². The highest BCUT2D eigenvalue weighted by atomic mass is 32.1. The lowest BCUT2D eigenvalue weighted by atomic mass is 9.60. The molecule has 0 bridgehead atoms. The van der Waals surface area contributed by atoms with Gasteiger partial charge in [0.25, 0.3) is 0 Å². The Bertz CT molecular complexity index is 3060. The molecule has 10 radical (unpaired) electrons. The topological polar surface area (TPSA) is 17.8 Å². The van der Waals surface area contributed by atoms with Crippen LogP contribution in [0.4, 0.5) is 0 Å². The van der Waals surface area contributed by atoms with Gasteiger partial charge in [0, 0.05) is 31.3 Å². The standard InChI is InChI=1S/C45H23B5N2S/c46-40-39(41(47)43(49)44(50)42(40)48)45-51-31-19-7-9-21-33(31)52(45)32-20-8-5-16-28(32)36-24-12-1-3-14-26(24)37(27-15-4-2-13-25(27)36)30-18-11-23-35-38(30)29-17-6-10-22-34(29)53-35/h1-23H. The minimum absolute atomic E-state index is 0.163. The molecule has 2 nitrogen and oxygen atoms in total. The summed E-state index contributed by atoms with van der Waals surface area (Å²) in [6.45, 7) is 0. The first-order valence-corrected chi connectivity index (χ1v) is 18.2. The summed E-state index contributed by atoms with van der Waals surface area (Å²) in [5.41, 5.74) is 8.55. The summed E-state index contributed by atoms with van der Waals surface area (Å²) in [5.74, 6) is 0.522. The van der Waals surface area contributed by atoms with Gasteiger partial charge < -0.3 is 0 Å². The van der Waals surface area contributed by atoms with Gasteiger partial charge in [0.2, 0.25) is 0 Å². The van der Waals surface area contributed by atoms with Crippen LogP contribution in [0.3, 0.4) is 0 Å². The minimum Gasteiger partial charge on any atom is -0.292 e. The molecule has 234 valence electrons. The third-order valence-corrected chi connectivity index (χ3v) is 11.6. The van der Waals surface area contributed by atoms with Gasteiger partial charge >= 0.3 is 0 Å². The monoisotopic (exact) mass is 678 g/mol. The average molecular weight is 678 g/mol. The number of benzene rings is 8. The summed E-state index contributed by atoms with van der Waals surface area (Å²) >= 11 is 1.84. The van der Waals surface area contributed by atoms with Gasteiger partial charge in [-0.3, -0.25) is 4.57 Å². The van der Waals surface area contributed by atoms with E-state index in [2.05, 4.69) is 114 Å². The van der Waals surface area contributed by atoms with Crippen LogP contribution in [0.25, 0.3) is 92.1 Å². The summed E-state index contributed by atoms with van der Waals surface area (Å²) in [7, 11) is 32.5. The molecule has 10 rings (SSSR count). The maximum absolute atomic E-state index is 6.70. The molecule has 2 aromatic heterocycles. The zero-order valence-corrected chi connectivity index (χ0v) is 29.3. The Morgan fingerprint density at radius 2 is 0.906 bits per heavy atom. The lowest BCUT2D eigenvalue weighted by molar-refractivity contribution is 1.11. The minimum atomic E-state index is 0.163. The first kappa shape index (κ1) is 32.0. The van der Waals surface area contributed by atoms with Crippen molar-refractivity contribution in [2.45, 2.75) is 0 Å². The van der Waals surface area contributed by atoms with Crippen LogP contribution in [0.1, 0.15) is 0 Å². The maximum Gasteiger partial charge on any atom is 0.144 e. The average Bonchev–Trinajstić information content (AvgIpc) is 3.77. The predicted molar refractivity (Wildman–Crippen MR) is 232 cm³/mol. The first-order chi connectivity index (χ1) is 25.9. The van der Waals surface area contributed by atoms with Crippen molar-refractivity contribution in [2.75, 3.05) is 0 Å². The van der Waals surface area contributed by atoms with Crippen molar-refractivity contribution in [1.82, 2.24) is 9.55 Å². The molecule has 2 heterocycles. The Labute approximate surface area is 317 Å². The number of aromatic nitrogens is 2. The van der Waals surface area contributed by atoms with E-state index in [0.29, 0.717) is 11.4 Å². The highest BCUT2D eigenvalue weighted by molar-refractivity contribution is 7.26. The Morgan fingerprint density at radius 3 is 1.58 bits per heavy atom. The van der Waals surface area contributed by atoms with Gasteiger partial charge in [-0.05, 0) is 68.6 Å². The molecule has 0 fully saturated rings. The summed E-state index contributed by atoms with van der Waals surface area (Å²) < 4.78 is 4.66. The van der Waals surface area contributed by atoms with Gasteiger partial charge in [-0.1, -0.05) is 120 Å². The van der Waals surface area contributed by atoms with E-state index in [1.54, 1.807) is 0 Å². The van der Waals surface area contributed by atoms with Crippen molar-refractivity contribution in [3.8, 4) is 39.3 Å². The van der Waals surface area contributed by atoms with E-state index in [9.17, 15) is 0 Å². The molecule has 0 aliphatic carbocycles. The number of nitrogens with zero attached hydrogens (tertiary/aromatic N) is 2. The quantitative estimate of drug-likeness (QED) is 0.150. The number of para-hydroxylation sites is 3. The third-order valence-electron chi connectivity index (χ3n) is 10.5. The Morgan fingerprint density at radius 1 is 0.415 bits per heavy atom. The van der Waals surface area contributed by atoms with Crippen LogP contribution >= 0.6 is 11.3 Å². The van der Waals surface area contributed by atoms with Crippen molar-refractivity contribution >= 4 is 131 Å². The fourth-order valence-corrected chi connectivity index (χ4v) is 9.23. The molecule has 10 aromatic rings. The second-order valence-electron chi connectivity index (χ2n) is 13.3. The molecule has 53 heavy (non-hydrogen) atoms. The molecule has 8 heteroatoms. The number of hydrogen-bond acceptors (Lipinski definition) is 2. The van der Waals surface area contributed by atoms with Crippen LogP contribution in [0.5, 0.6) is 0 Å². The number of hydrogen-bond donors (Lipinski definition) is 0. The van der Waals surface area contributed by atoms with E-state index >= 15 is 0 Å². The highest BCUT2D eigenvalue weighted by Gasteiger charge is 2.24. The highest BCUT2D eigenvalue weighted by Crippen LogP contribution is 2.48. The van der Waals surface area contributed by atoms with E-state index in [4.69, 9.17) is 44.2 Å². The second-order valence-corrected chi connectivity index (χ2v) is 14.4. The van der Waals surface area contributed by atoms with Gasteiger partial charge in [0.15, 0.2) is 0 Å². The van der Waals surface area contributed by atoms with Crippen LogP contribution in [0.15, 0.2) is 140 Å². The molecule has 0 saturated carbocycles. The van der Waals surface area contributed by atoms with Crippen LogP contribution < -0.4 is 27.3 Å². The Hall–Kier alpha value is -5.71. The van der Waals surface area contributed by atoms with Crippen molar-refractivity contribution in [1.29, 1.82) is 0 Å².